The van der Waals surface area contributed by atoms with Crippen molar-refractivity contribution in [2.24, 2.45) is 0 Å². The molecular weight excluding hydrogens is 276 g/mol. The molecule has 0 saturated carbocycles. The van der Waals surface area contributed by atoms with E-state index in [0.29, 0.717) is 12.3 Å². The average Bonchev–Trinajstić information content (AvgIpc) is 2.89. The monoisotopic (exact) mass is 298 g/mol. The van der Waals surface area contributed by atoms with Gasteiger partial charge in [0.05, 0.1) is 0 Å². The largest absolute Gasteiger partial charge is 0.450 e. The summed E-state index contributed by atoms with van der Waals surface area (Å²) in [5, 5.41) is 7.31. The fourth-order valence-corrected chi connectivity index (χ4v) is 3.00. The molecule has 2 heterocycles. The van der Waals surface area contributed by atoms with E-state index in [1.54, 1.807) is 0 Å². The van der Waals surface area contributed by atoms with E-state index < -0.39 is 0 Å². The van der Waals surface area contributed by atoms with Crippen LogP contribution < -0.4 is 10.6 Å². The van der Waals surface area contributed by atoms with E-state index in [9.17, 15) is 4.79 Å². The molecule has 4 nitrogen and oxygen atoms in total. The lowest BCUT2D eigenvalue weighted by Crippen LogP contribution is -2.29. The van der Waals surface area contributed by atoms with E-state index in [1.807, 2.05) is 26.8 Å². The van der Waals surface area contributed by atoms with Crippen molar-refractivity contribution < 1.29 is 9.21 Å². The first-order chi connectivity index (χ1) is 10.6. The Hall–Kier alpha value is -2.07. The quantitative estimate of drug-likeness (QED) is 0.857. The minimum absolute atomic E-state index is 0.132. The number of hydrogen-bond acceptors (Lipinski definition) is 3. The second kappa shape index (κ2) is 5.97. The summed E-state index contributed by atoms with van der Waals surface area (Å²) in [4.78, 5) is 12.5. The predicted octanol–water partition coefficient (Wildman–Crippen LogP) is 3.01. The Balaban J connectivity index is 1.85. The smallest absolute Gasteiger partial charge is 0.287 e. The molecule has 3 rings (SSSR count). The molecule has 0 spiro atoms. The minimum Gasteiger partial charge on any atom is -0.450 e. The molecule has 0 atom stereocenters. The molecule has 1 aliphatic heterocycles. The van der Waals surface area contributed by atoms with Gasteiger partial charge in [-0.2, -0.15) is 0 Å². The maximum absolute atomic E-state index is 12.5. The Labute approximate surface area is 130 Å². The first kappa shape index (κ1) is 14.9. The molecule has 2 aromatic rings. The van der Waals surface area contributed by atoms with Gasteiger partial charge in [0, 0.05) is 24.0 Å². The fourth-order valence-electron chi connectivity index (χ4n) is 3.00. The summed E-state index contributed by atoms with van der Waals surface area (Å²) in [6, 6.07) is 4.10. The number of amides is 1. The molecule has 0 fully saturated rings. The van der Waals surface area contributed by atoms with Crippen molar-refractivity contribution in [3.63, 3.8) is 0 Å². The number of furan rings is 1. The van der Waals surface area contributed by atoms with Gasteiger partial charge in [-0.1, -0.05) is 23.8 Å². The van der Waals surface area contributed by atoms with Gasteiger partial charge in [-0.3, -0.25) is 4.79 Å². The number of carbonyl (C=O) groups is 1. The minimum atomic E-state index is -0.132. The van der Waals surface area contributed by atoms with E-state index in [0.717, 1.165) is 47.2 Å². The zero-order valence-electron chi connectivity index (χ0n) is 13.4. The van der Waals surface area contributed by atoms with Crippen LogP contribution in [0.2, 0.25) is 0 Å². The number of benzene rings is 1. The van der Waals surface area contributed by atoms with Crippen LogP contribution in [-0.4, -0.2) is 25.5 Å². The van der Waals surface area contributed by atoms with Gasteiger partial charge >= 0.3 is 0 Å². The Morgan fingerprint density at radius 1 is 1.27 bits per heavy atom. The van der Waals surface area contributed by atoms with Crippen molar-refractivity contribution in [1.82, 2.24) is 10.6 Å². The van der Waals surface area contributed by atoms with Crippen molar-refractivity contribution in [1.29, 1.82) is 0 Å². The number of hydrogen-bond donors (Lipinski definition) is 2. The van der Waals surface area contributed by atoms with Gasteiger partial charge in [0.1, 0.15) is 5.58 Å². The lowest BCUT2D eigenvalue weighted by molar-refractivity contribution is 0.0930. The summed E-state index contributed by atoms with van der Waals surface area (Å²) in [5.41, 5.74) is 5.22. The van der Waals surface area contributed by atoms with E-state index in [1.165, 1.54) is 5.57 Å². The molecule has 22 heavy (non-hydrogen) atoms. The number of rotatable bonds is 3. The lowest BCUT2D eigenvalue weighted by Gasteiger charge is -2.14. The van der Waals surface area contributed by atoms with Crippen LogP contribution >= 0.6 is 0 Å². The second-order valence-electron chi connectivity index (χ2n) is 5.96. The molecule has 1 amide bonds. The van der Waals surface area contributed by atoms with Crippen molar-refractivity contribution in [2.75, 3.05) is 19.6 Å². The van der Waals surface area contributed by atoms with Crippen LogP contribution in [0.1, 0.15) is 33.7 Å². The molecule has 0 unspecified atom stereocenters. The molecule has 0 bridgehead atoms. The first-order valence-electron chi connectivity index (χ1n) is 7.74. The Kier molecular flexibility index (Phi) is 4.03. The molecule has 2 N–H and O–H groups in total. The summed E-state index contributed by atoms with van der Waals surface area (Å²) in [5.74, 6) is 0.300. The van der Waals surface area contributed by atoms with Crippen molar-refractivity contribution in [2.45, 2.75) is 27.2 Å². The molecule has 1 aromatic heterocycles. The van der Waals surface area contributed by atoms with Gasteiger partial charge in [0.2, 0.25) is 0 Å². The lowest BCUT2D eigenvalue weighted by atomic mass is 10.0. The Morgan fingerprint density at radius 2 is 2.05 bits per heavy atom. The van der Waals surface area contributed by atoms with E-state index >= 15 is 0 Å². The van der Waals surface area contributed by atoms with Crippen LogP contribution in [0, 0.1) is 20.8 Å². The molecular formula is C18H22N2O2. The third-order valence-corrected chi connectivity index (χ3v) is 4.32. The van der Waals surface area contributed by atoms with Gasteiger partial charge in [0.15, 0.2) is 5.76 Å². The summed E-state index contributed by atoms with van der Waals surface area (Å²) in [6.07, 6.45) is 3.13. The third-order valence-electron chi connectivity index (χ3n) is 4.32. The molecule has 116 valence electrons. The number of aryl methyl sites for hydroxylation is 3. The summed E-state index contributed by atoms with van der Waals surface area (Å²) >= 11 is 0. The highest BCUT2D eigenvalue weighted by Gasteiger charge is 2.20. The van der Waals surface area contributed by atoms with Crippen LogP contribution in [-0.2, 0) is 0 Å². The van der Waals surface area contributed by atoms with Crippen molar-refractivity contribution >= 4 is 16.9 Å². The Morgan fingerprint density at radius 3 is 2.73 bits per heavy atom. The zero-order chi connectivity index (χ0) is 15.7. The molecule has 0 radical (unpaired) electrons. The average molecular weight is 298 g/mol. The topological polar surface area (TPSA) is 54.3 Å². The normalized spacial score (nSPS) is 15.0. The summed E-state index contributed by atoms with van der Waals surface area (Å²) < 4.78 is 5.87. The van der Waals surface area contributed by atoms with E-state index in [-0.39, 0.29) is 5.91 Å². The van der Waals surface area contributed by atoms with Gasteiger partial charge in [0.25, 0.3) is 5.91 Å². The summed E-state index contributed by atoms with van der Waals surface area (Å²) in [7, 11) is 0. The van der Waals surface area contributed by atoms with Crippen LogP contribution in [0.3, 0.4) is 0 Å². The second-order valence-corrected chi connectivity index (χ2v) is 5.96. The van der Waals surface area contributed by atoms with Gasteiger partial charge < -0.3 is 15.1 Å². The fraction of sp³-hybridized carbons (Fsp3) is 0.389. The maximum atomic E-state index is 12.5. The van der Waals surface area contributed by atoms with Crippen LogP contribution in [0.15, 0.2) is 28.2 Å². The molecule has 0 aliphatic carbocycles. The highest BCUT2D eigenvalue weighted by atomic mass is 16.3. The summed E-state index contributed by atoms with van der Waals surface area (Å²) in [6.45, 7) is 8.46. The molecule has 4 heteroatoms. The first-order valence-corrected chi connectivity index (χ1v) is 7.74. The van der Waals surface area contributed by atoms with Gasteiger partial charge in [-0.25, -0.2) is 0 Å². The van der Waals surface area contributed by atoms with Crippen molar-refractivity contribution in [3.8, 4) is 0 Å². The van der Waals surface area contributed by atoms with Crippen LogP contribution in [0.25, 0.3) is 11.0 Å². The highest BCUT2D eigenvalue weighted by Crippen LogP contribution is 2.30. The van der Waals surface area contributed by atoms with Crippen LogP contribution in [0.4, 0.5) is 0 Å². The molecule has 1 aliphatic rings. The number of nitrogens with one attached hydrogen (secondary N) is 2. The SMILES string of the molecule is Cc1ccc(C)c2c(C)c(C(=O)NCC3=CCNCC3)oc12. The van der Waals surface area contributed by atoms with Gasteiger partial charge in [-0.05, 0) is 44.9 Å². The standard InChI is InChI=1S/C18H22N2O2/c1-11-4-5-12(2)16-15(11)13(3)17(22-16)18(21)20-10-14-6-8-19-9-7-14/h4-6,19H,7-10H2,1-3H3,(H,20,21). The number of fused-ring (bicyclic) bond motifs is 1. The maximum Gasteiger partial charge on any atom is 0.287 e. The predicted molar refractivity (Wildman–Crippen MR) is 88.3 cm³/mol. The number of carbonyl (C=O) groups excluding carboxylic acids is 1. The van der Waals surface area contributed by atoms with E-state index in [4.69, 9.17) is 4.42 Å². The Bertz CT molecular complexity index is 756. The van der Waals surface area contributed by atoms with Gasteiger partial charge in [-0.15, -0.1) is 0 Å². The molecule has 0 saturated heterocycles. The van der Waals surface area contributed by atoms with Crippen LogP contribution in [0.5, 0.6) is 0 Å². The van der Waals surface area contributed by atoms with Crippen molar-refractivity contribution in [3.05, 3.63) is 46.2 Å². The highest BCUT2D eigenvalue weighted by molar-refractivity contribution is 6.00. The zero-order valence-corrected chi connectivity index (χ0v) is 13.4. The third kappa shape index (κ3) is 2.66. The molecule has 1 aromatic carbocycles. The van der Waals surface area contributed by atoms with E-state index in [2.05, 4.69) is 22.8 Å².